The molecule has 1 saturated carbocycles. The van der Waals surface area contributed by atoms with E-state index < -0.39 is 85.4 Å². The van der Waals surface area contributed by atoms with Crippen molar-refractivity contribution in [3.05, 3.63) is 226 Å². The van der Waals surface area contributed by atoms with Gasteiger partial charge >= 0.3 is 18.3 Å². The molecule has 1 heterocycles. The van der Waals surface area contributed by atoms with Gasteiger partial charge in [0, 0.05) is 11.5 Å². The maximum Gasteiger partial charge on any atom is 0.410 e. The summed E-state index contributed by atoms with van der Waals surface area (Å²) in [5.41, 5.74) is 14.6. The number of nitrogens with one attached hydrogen (secondary N) is 2. The number of carbonyl (C=O) groups is 3. The average molecular weight is 1040 g/mol. The number of aliphatic hydroxyl groups excluding tert-OH is 2. The van der Waals surface area contributed by atoms with E-state index >= 15 is 0 Å². The Bertz CT molecular complexity index is 2770. The van der Waals surface area contributed by atoms with Gasteiger partial charge in [-0.3, -0.25) is 4.90 Å². The van der Waals surface area contributed by atoms with E-state index in [0.717, 1.165) is 16.7 Å². The van der Waals surface area contributed by atoms with Gasteiger partial charge in [0.2, 0.25) is 0 Å². The third kappa shape index (κ3) is 15.2. The van der Waals surface area contributed by atoms with Crippen LogP contribution in [0.4, 0.5) is 14.4 Å². The third-order valence-electron chi connectivity index (χ3n) is 13.2. The molecule has 11 atom stereocenters. The van der Waals surface area contributed by atoms with E-state index in [2.05, 4.69) is 20.7 Å². The van der Waals surface area contributed by atoms with E-state index in [4.69, 9.17) is 33.2 Å². The number of alkyl carbamates (subject to hydrolysis) is 2. The molecule has 6 aromatic carbocycles. The zero-order valence-corrected chi connectivity index (χ0v) is 41.9. The summed E-state index contributed by atoms with van der Waals surface area (Å²) >= 11 is 0. The number of nitrogens with zero attached hydrogens (tertiary/aromatic N) is 4. The summed E-state index contributed by atoms with van der Waals surface area (Å²) in [6.07, 6.45) is -12.7. The molecule has 18 nitrogen and oxygen atoms in total. The Labute approximate surface area is 441 Å². The van der Waals surface area contributed by atoms with E-state index in [0.29, 0.717) is 16.7 Å². The molecule has 0 spiro atoms. The highest BCUT2D eigenvalue weighted by molar-refractivity contribution is 5.69. The Balaban J connectivity index is 1.13. The van der Waals surface area contributed by atoms with Crippen LogP contribution in [-0.4, -0.2) is 100 Å². The van der Waals surface area contributed by atoms with Crippen molar-refractivity contribution < 1.29 is 57.8 Å². The Morgan fingerprint density at radius 3 is 1.49 bits per heavy atom. The van der Waals surface area contributed by atoms with Crippen molar-refractivity contribution in [1.82, 2.24) is 15.5 Å². The Hall–Kier alpha value is -7.80. The molecule has 0 radical (unpaired) electrons. The van der Waals surface area contributed by atoms with Gasteiger partial charge in [-0.05, 0) is 52.3 Å². The second-order valence-corrected chi connectivity index (χ2v) is 18.5. The minimum Gasteiger partial charge on any atom is -0.445 e. The first kappa shape index (κ1) is 54.5. The standard InChI is InChI=1S/C58H62N6O12/c1-39(64(33-40-20-8-2-9-21-40)58(69)74-38-45-30-18-7-19-31-45)52-47(70-34-41-22-10-3-11-23-41)32-46(62-63-59)55(75-52)76-54-49(61-57(68)73-37-44-28-16-6-17-29-44)53(71-35-42-24-12-4-13-25-42)48(50(65)51(54)66)60-56(67)72-36-43-26-14-5-15-27-43/h2-31,39,46-55,65-66H,32-38H2,1H3,(H,60,67)(H,61,68)/t39-,46-,47+,48+,49+,50+,51-,52-,53-,54-,55?/m1/s1. The number of carbonyl (C=O) groups excluding carboxylic acids is 3. The van der Waals surface area contributed by atoms with Crippen LogP contribution in [0.3, 0.4) is 0 Å². The molecule has 1 unspecified atom stereocenters. The summed E-state index contributed by atoms with van der Waals surface area (Å²) in [5, 5.41) is 34.1. The van der Waals surface area contributed by atoms with Crippen LogP contribution >= 0.6 is 0 Å². The van der Waals surface area contributed by atoms with Crippen LogP contribution in [0.1, 0.15) is 46.7 Å². The lowest BCUT2D eigenvalue weighted by atomic mass is 9.81. The van der Waals surface area contributed by atoms with Crippen molar-refractivity contribution in [3.63, 3.8) is 0 Å². The highest BCUT2D eigenvalue weighted by atomic mass is 16.7. The topological polar surface area (TPSA) is 232 Å². The minimum atomic E-state index is -1.89. The molecule has 6 aromatic rings. The fraction of sp³-hybridized carbons (Fsp3) is 0.328. The predicted octanol–water partition coefficient (Wildman–Crippen LogP) is 8.89. The molecule has 2 fully saturated rings. The maximum atomic E-state index is 14.4. The van der Waals surface area contributed by atoms with Crippen LogP contribution in [0, 0.1) is 0 Å². The summed E-state index contributed by atoms with van der Waals surface area (Å²) in [6, 6.07) is 50.3. The van der Waals surface area contributed by atoms with Gasteiger partial charge in [-0.25, -0.2) is 14.4 Å². The molecular weight excluding hydrogens is 973 g/mol. The van der Waals surface area contributed by atoms with Crippen molar-refractivity contribution in [2.75, 3.05) is 0 Å². The van der Waals surface area contributed by atoms with Crippen LogP contribution in [0.5, 0.6) is 0 Å². The fourth-order valence-electron chi connectivity index (χ4n) is 9.26. The molecule has 3 amide bonds. The number of benzene rings is 6. The average Bonchev–Trinajstić information content (AvgIpc) is 3.46. The number of azide groups is 1. The predicted molar refractivity (Wildman–Crippen MR) is 278 cm³/mol. The molecular formula is C58H62N6O12. The van der Waals surface area contributed by atoms with Gasteiger partial charge in [0.15, 0.2) is 6.29 Å². The zero-order valence-electron chi connectivity index (χ0n) is 41.9. The molecule has 18 heteroatoms. The molecule has 0 bridgehead atoms. The maximum absolute atomic E-state index is 14.4. The third-order valence-corrected chi connectivity index (χ3v) is 13.2. The summed E-state index contributed by atoms with van der Waals surface area (Å²) in [4.78, 5) is 46.7. The van der Waals surface area contributed by atoms with Gasteiger partial charge in [0.05, 0.1) is 43.5 Å². The van der Waals surface area contributed by atoms with Crippen LogP contribution in [0.25, 0.3) is 10.4 Å². The molecule has 1 aliphatic carbocycles. The summed E-state index contributed by atoms with van der Waals surface area (Å²) in [7, 11) is 0. The Morgan fingerprint density at radius 2 is 1.01 bits per heavy atom. The van der Waals surface area contributed by atoms with Crippen molar-refractivity contribution in [3.8, 4) is 0 Å². The van der Waals surface area contributed by atoms with Gasteiger partial charge in [-0.2, -0.15) is 0 Å². The summed E-state index contributed by atoms with van der Waals surface area (Å²) in [6.45, 7) is 1.65. The first-order chi connectivity index (χ1) is 37.1. The highest BCUT2D eigenvalue weighted by Gasteiger charge is 2.55. The fourth-order valence-corrected chi connectivity index (χ4v) is 9.26. The second-order valence-electron chi connectivity index (χ2n) is 18.5. The molecule has 76 heavy (non-hydrogen) atoms. The molecule has 2 aliphatic rings. The smallest absolute Gasteiger partial charge is 0.410 e. The van der Waals surface area contributed by atoms with Crippen LogP contribution in [0.2, 0.25) is 0 Å². The highest BCUT2D eigenvalue weighted by Crippen LogP contribution is 2.35. The number of rotatable bonds is 21. The molecule has 0 aromatic heterocycles. The normalized spacial score (nSPS) is 23.4. The van der Waals surface area contributed by atoms with E-state index in [1.54, 1.807) is 55.5 Å². The zero-order chi connectivity index (χ0) is 53.1. The number of hydrogen-bond donors (Lipinski definition) is 4. The largest absolute Gasteiger partial charge is 0.445 e. The first-order valence-corrected chi connectivity index (χ1v) is 25.1. The van der Waals surface area contributed by atoms with E-state index in [9.17, 15) is 30.1 Å². The summed E-state index contributed by atoms with van der Waals surface area (Å²) in [5.74, 6) is 0. The molecule has 396 valence electrons. The van der Waals surface area contributed by atoms with E-state index in [-0.39, 0.29) is 46.0 Å². The van der Waals surface area contributed by atoms with Gasteiger partial charge in [0.1, 0.15) is 50.3 Å². The van der Waals surface area contributed by atoms with Gasteiger partial charge in [-0.1, -0.05) is 187 Å². The lowest BCUT2D eigenvalue weighted by Gasteiger charge is -2.50. The minimum absolute atomic E-state index is 0.0112. The molecule has 8 rings (SSSR count). The SMILES string of the molecule is C[C@H]([C@H]1OC(O[C@H]2[C@H](O)[C@@H](O)[C@H](NC(=O)OCc3ccccc3)[C@@H](OCc3ccccc3)[C@@H]2NC(=O)OCc2ccccc2)[C@H](N=[N+]=[N-])C[C@@H]1OCc1ccccc1)N(Cc1ccccc1)C(=O)OCc1ccccc1. The Morgan fingerprint density at radius 1 is 0.592 bits per heavy atom. The molecule has 4 N–H and O–H groups in total. The molecule has 1 aliphatic heterocycles. The Kier molecular flexibility index (Phi) is 19.8. The number of aliphatic hydroxyl groups is 2. The van der Waals surface area contributed by atoms with Crippen molar-refractivity contribution >= 4 is 18.3 Å². The quantitative estimate of drug-likeness (QED) is 0.0229. The lowest BCUT2D eigenvalue weighted by molar-refractivity contribution is -0.291. The van der Waals surface area contributed by atoms with Gasteiger partial charge < -0.3 is 54.0 Å². The summed E-state index contributed by atoms with van der Waals surface area (Å²) < 4.78 is 44.0. The second kappa shape index (κ2) is 27.7. The van der Waals surface area contributed by atoms with Crippen molar-refractivity contribution in [2.24, 2.45) is 5.11 Å². The van der Waals surface area contributed by atoms with Crippen LogP contribution < -0.4 is 10.6 Å². The van der Waals surface area contributed by atoms with E-state index in [1.165, 1.54) is 4.90 Å². The van der Waals surface area contributed by atoms with Crippen LogP contribution in [0.15, 0.2) is 187 Å². The monoisotopic (exact) mass is 1030 g/mol. The molecule has 1 saturated heterocycles. The van der Waals surface area contributed by atoms with Crippen LogP contribution in [-0.2, 0) is 72.7 Å². The van der Waals surface area contributed by atoms with Gasteiger partial charge in [-0.15, -0.1) is 0 Å². The number of hydrogen-bond acceptors (Lipinski definition) is 13. The van der Waals surface area contributed by atoms with Crippen molar-refractivity contribution in [1.29, 1.82) is 0 Å². The number of ether oxygens (including phenoxy) is 7. The van der Waals surface area contributed by atoms with E-state index in [1.807, 2.05) is 133 Å². The van der Waals surface area contributed by atoms with Gasteiger partial charge in [0.25, 0.3) is 0 Å². The number of amides is 3. The first-order valence-electron chi connectivity index (χ1n) is 25.1. The lowest BCUT2D eigenvalue weighted by Crippen LogP contribution is -2.73. The van der Waals surface area contributed by atoms with Crippen molar-refractivity contribution in [2.45, 2.75) is 120 Å².